The molecule has 0 aliphatic rings. The number of benzene rings is 3. The van der Waals surface area contributed by atoms with Gasteiger partial charge in [-0.1, -0.05) is 67.6 Å². The van der Waals surface area contributed by atoms with Gasteiger partial charge in [-0.2, -0.15) is 0 Å². The van der Waals surface area contributed by atoms with Crippen LogP contribution in [0.1, 0.15) is 39.7 Å². The van der Waals surface area contributed by atoms with Crippen LogP contribution < -0.4 is 10.1 Å². The van der Waals surface area contributed by atoms with Gasteiger partial charge in [0.2, 0.25) is 5.91 Å². The zero-order chi connectivity index (χ0) is 29.7. The molecule has 0 unspecified atom stereocenters. The summed E-state index contributed by atoms with van der Waals surface area (Å²) in [6, 6.07) is 26.0. The van der Waals surface area contributed by atoms with Crippen LogP contribution in [-0.2, 0) is 16.0 Å². The highest BCUT2D eigenvalue weighted by Crippen LogP contribution is 2.22. The predicted molar refractivity (Wildman–Crippen MR) is 167 cm³/mol. The number of nitrogens with zero attached hydrogens (tertiary/aromatic N) is 1. The van der Waals surface area contributed by atoms with E-state index in [-0.39, 0.29) is 18.1 Å². The number of carbonyl (C=O) groups excluding carboxylic acids is 2. The number of para-hydroxylation sites is 1. The molecule has 1 atom stereocenters. The van der Waals surface area contributed by atoms with Crippen LogP contribution in [0.4, 0.5) is 5.69 Å². The van der Waals surface area contributed by atoms with E-state index >= 15 is 0 Å². The number of thiophene rings is 1. The van der Waals surface area contributed by atoms with Crippen molar-refractivity contribution in [1.29, 1.82) is 0 Å². The Hall–Kier alpha value is -4.69. The number of ketones is 1. The molecule has 216 valence electrons. The van der Waals surface area contributed by atoms with E-state index in [1.165, 1.54) is 0 Å². The molecule has 0 saturated carbocycles. The summed E-state index contributed by atoms with van der Waals surface area (Å²) in [5, 5.41) is 15.0. The number of carboxylic acid groups (broad SMARTS) is 1. The number of hydrogen-bond donors (Lipinski definition) is 2. The quantitative estimate of drug-likeness (QED) is 0.124. The van der Waals surface area contributed by atoms with Crippen LogP contribution in [0.3, 0.4) is 0 Å². The first kappa shape index (κ1) is 30.3. The maximum atomic E-state index is 13.1. The van der Waals surface area contributed by atoms with Gasteiger partial charge < -0.3 is 20.1 Å². The smallest absolute Gasteiger partial charge is 0.326 e. The molecule has 0 aliphatic heterocycles. The van der Waals surface area contributed by atoms with Crippen molar-refractivity contribution in [3.8, 4) is 5.75 Å². The fourth-order valence-corrected chi connectivity index (χ4v) is 5.04. The maximum absolute atomic E-state index is 13.1. The second-order valence-electron chi connectivity index (χ2n) is 9.65. The minimum atomic E-state index is -1.02. The lowest BCUT2D eigenvalue weighted by atomic mass is 10.00. The van der Waals surface area contributed by atoms with Gasteiger partial charge >= 0.3 is 5.97 Å². The Balaban J connectivity index is 1.34. The van der Waals surface area contributed by atoms with E-state index in [0.717, 1.165) is 16.9 Å². The molecular formula is C34H34N2O5S. The minimum absolute atomic E-state index is 0.0524. The molecule has 0 bridgehead atoms. The van der Waals surface area contributed by atoms with Crippen LogP contribution in [0.25, 0.3) is 6.08 Å². The molecule has 7 nitrogen and oxygen atoms in total. The molecule has 42 heavy (non-hydrogen) atoms. The van der Waals surface area contributed by atoms with Crippen molar-refractivity contribution < 1.29 is 24.2 Å². The standard InChI is InChI=1S/C34H34N2O5S/c1-2-20-36(32(37)19-18-28-11-8-23-42-28)21-22-41-27-16-14-25(15-17-27)24-31(34(39)40)35-30-13-7-6-12-29(30)33(38)26-9-4-3-5-10-26/h3-19,23,31,35H,2,20-22,24H2,1H3,(H,39,40)/t31-/m0/s1. The number of rotatable bonds is 15. The lowest BCUT2D eigenvalue weighted by Gasteiger charge is -2.21. The van der Waals surface area contributed by atoms with Gasteiger partial charge in [0, 0.05) is 40.7 Å². The zero-order valence-corrected chi connectivity index (χ0v) is 24.3. The maximum Gasteiger partial charge on any atom is 0.326 e. The molecule has 8 heteroatoms. The van der Waals surface area contributed by atoms with Crippen molar-refractivity contribution in [2.24, 2.45) is 0 Å². The first-order chi connectivity index (χ1) is 20.4. The molecule has 0 aliphatic carbocycles. The third kappa shape index (κ3) is 8.65. The Labute approximate surface area is 250 Å². The Morgan fingerprint density at radius 2 is 1.67 bits per heavy atom. The van der Waals surface area contributed by atoms with Gasteiger partial charge in [0.05, 0.1) is 6.54 Å². The summed E-state index contributed by atoms with van der Waals surface area (Å²) in [6.45, 7) is 3.46. The van der Waals surface area contributed by atoms with Gasteiger partial charge in [-0.3, -0.25) is 9.59 Å². The highest BCUT2D eigenvalue weighted by atomic mass is 32.1. The SMILES string of the molecule is CCCN(CCOc1ccc(C[C@H](Nc2ccccc2C(=O)c2ccccc2)C(=O)O)cc1)C(=O)C=Cc1cccs1. The molecule has 4 rings (SSSR count). The number of anilines is 1. The zero-order valence-electron chi connectivity index (χ0n) is 23.4. The molecule has 1 aromatic heterocycles. The fraction of sp³-hybridized carbons (Fsp3) is 0.206. The molecule has 2 N–H and O–H groups in total. The predicted octanol–water partition coefficient (Wildman–Crippen LogP) is 6.42. The number of nitrogens with one attached hydrogen (secondary N) is 1. The molecular weight excluding hydrogens is 548 g/mol. The molecule has 0 spiro atoms. The summed E-state index contributed by atoms with van der Waals surface area (Å²) < 4.78 is 5.89. The van der Waals surface area contributed by atoms with Gasteiger partial charge in [0.15, 0.2) is 5.78 Å². The number of ether oxygens (including phenoxy) is 1. The monoisotopic (exact) mass is 582 g/mol. The number of carboxylic acids is 1. The summed E-state index contributed by atoms with van der Waals surface area (Å²) in [5.41, 5.74) is 2.22. The Kier molecular flexibility index (Phi) is 11.1. The number of hydrogen-bond acceptors (Lipinski definition) is 6. The topological polar surface area (TPSA) is 95.9 Å². The summed E-state index contributed by atoms with van der Waals surface area (Å²) >= 11 is 1.58. The first-order valence-electron chi connectivity index (χ1n) is 13.8. The summed E-state index contributed by atoms with van der Waals surface area (Å²) in [4.78, 5) is 40.7. The normalized spacial score (nSPS) is 11.6. The average molecular weight is 583 g/mol. The van der Waals surface area contributed by atoms with Gasteiger partial charge in [-0.05, 0) is 53.8 Å². The van der Waals surface area contributed by atoms with Crippen molar-refractivity contribution in [3.05, 3.63) is 124 Å². The van der Waals surface area contributed by atoms with Crippen LogP contribution in [0.5, 0.6) is 5.75 Å². The Morgan fingerprint density at radius 1 is 0.929 bits per heavy atom. The van der Waals surface area contributed by atoms with Crippen molar-refractivity contribution >= 4 is 40.8 Å². The highest BCUT2D eigenvalue weighted by molar-refractivity contribution is 7.10. The average Bonchev–Trinajstić information content (AvgIpc) is 3.54. The van der Waals surface area contributed by atoms with Crippen LogP contribution in [0, 0.1) is 0 Å². The van der Waals surface area contributed by atoms with Gasteiger partial charge in [0.25, 0.3) is 0 Å². The summed E-state index contributed by atoms with van der Waals surface area (Å²) in [6.07, 6.45) is 4.48. The van der Waals surface area contributed by atoms with E-state index in [0.29, 0.717) is 42.3 Å². The lowest BCUT2D eigenvalue weighted by Crippen LogP contribution is -2.34. The Morgan fingerprint density at radius 3 is 2.36 bits per heavy atom. The van der Waals surface area contributed by atoms with Crippen LogP contribution in [0.2, 0.25) is 0 Å². The molecule has 0 radical (unpaired) electrons. The summed E-state index contributed by atoms with van der Waals surface area (Å²) in [7, 11) is 0. The summed E-state index contributed by atoms with van der Waals surface area (Å²) in [5.74, 6) is -0.618. The van der Waals surface area contributed by atoms with E-state index in [9.17, 15) is 19.5 Å². The van der Waals surface area contributed by atoms with E-state index < -0.39 is 12.0 Å². The third-order valence-electron chi connectivity index (χ3n) is 6.57. The van der Waals surface area contributed by atoms with Crippen LogP contribution in [-0.4, -0.2) is 53.4 Å². The van der Waals surface area contributed by atoms with Gasteiger partial charge in [-0.25, -0.2) is 4.79 Å². The van der Waals surface area contributed by atoms with Gasteiger partial charge in [-0.15, -0.1) is 11.3 Å². The van der Waals surface area contributed by atoms with E-state index in [1.54, 1.807) is 83.0 Å². The van der Waals surface area contributed by atoms with E-state index in [1.807, 2.05) is 48.7 Å². The highest BCUT2D eigenvalue weighted by Gasteiger charge is 2.21. The van der Waals surface area contributed by atoms with Crippen molar-refractivity contribution in [1.82, 2.24) is 4.90 Å². The number of carbonyl (C=O) groups is 3. The molecule has 4 aromatic rings. The van der Waals surface area contributed by atoms with Crippen LogP contribution >= 0.6 is 11.3 Å². The van der Waals surface area contributed by atoms with Crippen molar-refractivity contribution in [2.45, 2.75) is 25.8 Å². The lowest BCUT2D eigenvalue weighted by molar-refractivity contribution is -0.137. The molecule has 1 heterocycles. The van der Waals surface area contributed by atoms with Crippen molar-refractivity contribution in [2.75, 3.05) is 25.0 Å². The Bertz CT molecular complexity index is 1480. The largest absolute Gasteiger partial charge is 0.492 e. The second kappa shape index (κ2) is 15.3. The first-order valence-corrected chi connectivity index (χ1v) is 14.7. The number of aliphatic carboxylic acids is 1. The molecule has 0 saturated heterocycles. The van der Waals surface area contributed by atoms with Gasteiger partial charge in [0.1, 0.15) is 18.4 Å². The van der Waals surface area contributed by atoms with Crippen LogP contribution in [0.15, 0.2) is 102 Å². The molecule has 0 fully saturated rings. The van der Waals surface area contributed by atoms with E-state index in [2.05, 4.69) is 5.32 Å². The number of amides is 1. The minimum Gasteiger partial charge on any atom is -0.492 e. The van der Waals surface area contributed by atoms with Crippen molar-refractivity contribution in [3.63, 3.8) is 0 Å². The molecule has 3 aromatic carbocycles. The third-order valence-corrected chi connectivity index (χ3v) is 7.40. The molecule has 1 amide bonds. The second-order valence-corrected chi connectivity index (χ2v) is 10.6. The fourth-order valence-electron chi connectivity index (χ4n) is 4.42. The van der Waals surface area contributed by atoms with E-state index in [4.69, 9.17) is 4.74 Å².